The molecule has 6 heteroatoms. The molecule has 0 saturated heterocycles. The quantitative estimate of drug-likeness (QED) is 0.815. The van der Waals surface area contributed by atoms with E-state index in [4.69, 9.17) is 0 Å². The lowest BCUT2D eigenvalue weighted by Crippen LogP contribution is -2.23. The van der Waals surface area contributed by atoms with E-state index in [1.807, 2.05) is 35.7 Å². The Labute approximate surface area is 101 Å². The van der Waals surface area contributed by atoms with Gasteiger partial charge < -0.3 is 9.88 Å². The molecule has 0 aliphatic heterocycles. The van der Waals surface area contributed by atoms with Crippen molar-refractivity contribution in [2.45, 2.75) is 19.4 Å². The van der Waals surface area contributed by atoms with Crippen LogP contribution in [0.3, 0.4) is 0 Å². The molecular weight excluding hydrogens is 216 g/mol. The normalized spacial score (nSPS) is 12.9. The maximum atomic E-state index is 4.14. The fraction of sp³-hybridized carbons (Fsp3) is 0.545. The van der Waals surface area contributed by atoms with Crippen molar-refractivity contribution in [1.82, 2.24) is 29.9 Å². The van der Waals surface area contributed by atoms with Crippen LogP contribution in [0.1, 0.15) is 24.4 Å². The molecule has 0 spiro atoms. The highest BCUT2D eigenvalue weighted by molar-refractivity contribution is 5.04. The molecule has 92 valence electrons. The third kappa shape index (κ3) is 2.91. The summed E-state index contributed by atoms with van der Waals surface area (Å²) in [6.07, 6.45) is 6.62. The Morgan fingerprint density at radius 1 is 1.41 bits per heavy atom. The molecule has 0 bridgehead atoms. The molecule has 0 aliphatic rings. The average molecular weight is 234 g/mol. The lowest BCUT2D eigenvalue weighted by atomic mass is 10.2. The molecule has 2 heterocycles. The molecule has 0 fully saturated rings. The van der Waals surface area contributed by atoms with E-state index in [-0.39, 0.29) is 6.04 Å². The summed E-state index contributed by atoms with van der Waals surface area (Å²) in [6, 6.07) is 0.208. The minimum Gasteiger partial charge on any atom is -0.319 e. The molecule has 1 atom stereocenters. The highest BCUT2D eigenvalue weighted by Crippen LogP contribution is 2.07. The predicted octanol–water partition coefficient (Wildman–Crippen LogP) is 0.442. The van der Waals surface area contributed by atoms with Gasteiger partial charge in [-0.25, -0.2) is 0 Å². The van der Waals surface area contributed by atoms with E-state index in [2.05, 4.69) is 27.5 Å². The van der Waals surface area contributed by atoms with Crippen LogP contribution in [0.25, 0.3) is 0 Å². The van der Waals surface area contributed by atoms with E-state index >= 15 is 0 Å². The number of hydrogen-bond acceptors (Lipinski definition) is 4. The van der Waals surface area contributed by atoms with E-state index < -0.39 is 0 Å². The molecule has 0 aromatic carbocycles. The minimum atomic E-state index is 0.208. The molecule has 2 aromatic rings. The van der Waals surface area contributed by atoms with Gasteiger partial charge in [0, 0.05) is 20.3 Å². The summed E-state index contributed by atoms with van der Waals surface area (Å²) in [7, 11) is 3.88. The van der Waals surface area contributed by atoms with Crippen LogP contribution >= 0.6 is 0 Å². The fourth-order valence-electron chi connectivity index (χ4n) is 1.81. The number of nitrogens with one attached hydrogen (secondary N) is 1. The van der Waals surface area contributed by atoms with Gasteiger partial charge in [0.05, 0.1) is 12.2 Å². The van der Waals surface area contributed by atoms with Crippen molar-refractivity contribution in [1.29, 1.82) is 0 Å². The van der Waals surface area contributed by atoms with Gasteiger partial charge in [-0.2, -0.15) is 5.10 Å². The standard InChI is InChI=1S/C11H18N6/c1-9(11-15-13-8-16(11)2)12-5-4-10-6-14-17(3)7-10/h6-9,12H,4-5H2,1-3H3. The largest absolute Gasteiger partial charge is 0.319 e. The van der Waals surface area contributed by atoms with Crippen molar-refractivity contribution < 1.29 is 0 Å². The van der Waals surface area contributed by atoms with Gasteiger partial charge in [0.15, 0.2) is 0 Å². The van der Waals surface area contributed by atoms with Crippen molar-refractivity contribution in [2.75, 3.05) is 6.54 Å². The van der Waals surface area contributed by atoms with Crippen molar-refractivity contribution in [3.8, 4) is 0 Å². The Balaban J connectivity index is 1.81. The van der Waals surface area contributed by atoms with E-state index in [0.717, 1.165) is 18.8 Å². The SMILES string of the molecule is CC(NCCc1cnn(C)c1)c1nncn1C. The van der Waals surface area contributed by atoms with Gasteiger partial charge in [0.2, 0.25) is 0 Å². The maximum Gasteiger partial charge on any atom is 0.149 e. The third-order valence-corrected chi connectivity index (χ3v) is 2.76. The van der Waals surface area contributed by atoms with E-state index in [9.17, 15) is 0 Å². The molecule has 17 heavy (non-hydrogen) atoms. The van der Waals surface area contributed by atoms with Crippen LogP contribution in [0.15, 0.2) is 18.7 Å². The Hall–Kier alpha value is -1.69. The number of nitrogens with zero attached hydrogens (tertiary/aromatic N) is 5. The topological polar surface area (TPSA) is 60.6 Å². The summed E-state index contributed by atoms with van der Waals surface area (Å²) < 4.78 is 3.75. The monoisotopic (exact) mass is 234 g/mol. The zero-order valence-corrected chi connectivity index (χ0v) is 10.5. The van der Waals surface area contributed by atoms with Crippen molar-refractivity contribution in [3.05, 3.63) is 30.1 Å². The summed E-state index contributed by atoms with van der Waals surface area (Å²) >= 11 is 0. The Bertz CT molecular complexity index is 472. The maximum absolute atomic E-state index is 4.14. The summed E-state index contributed by atoms with van der Waals surface area (Å²) in [5.41, 5.74) is 1.24. The molecule has 0 radical (unpaired) electrons. The molecule has 6 nitrogen and oxygen atoms in total. The number of aryl methyl sites for hydroxylation is 2. The van der Waals surface area contributed by atoms with Gasteiger partial charge in [-0.1, -0.05) is 0 Å². The van der Waals surface area contributed by atoms with Gasteiger partial charge in [0.25, 0.3) is 0 Å². The van der Waals surface area contributed by atoms with Crippen LogP contribution in [0.2, 0.25) is 0 Å². The zero-order chi connectivity index (χ0) is 12.3. The van der Waals surface area contributed by atoms with Crippen LogP contribution < -0.4 is 5.32 Å². The lowest BCUT2D eigenvalue weighted by Gasteiger charge is -2.12. The van der Waals surface area contributed by atoms with Crippen LogP contribution in [0.5, 0.6) is 0 Å². The number of aromatic nitrogens is 5. The Morgan fingerprint density at radius 2 is 2.24 bits per heavy atom. The fourth-order valence-corrected chi connectivity index (χ4v) is 1.81. The van der Waals surface area contributed by atoms with Crippen molar-refractivity contribution in [3.63, 3.8) is 0 Å². The average Bonchev–Trinajstić information content (AvgIpc) is 2.87. The van der Waals surface area contributed by atoms with Crippen LogP contribution in [-0.2, 0) is 20.5 Å². The first kappa shape index (κ1) is 11.8. The van der Waals surface area contributed by atoms with Crippen LogP contribution in [0.4, 0.5) is 0 Å². The second-order valence-corrected chi connectivity index (χ2v) is 4.25. The summed E-state index contributed by atoms with van der Waals surface area (Å²) in [4.78, 5) is 0. The van der Waals surface area contributed by atoms with Gasteiger partial charge in [0.1, 0.15) is 12.2 Å². The lowest BCUT2D eigenvalue weighted by molar-refractivity contribution is 0.531. The van der Waals surface area contributed by atoms with Crippen LogP contribution in [0, 0.1) is 0 Å². The summed E-state index contributed by atoms with van der Waals surface area (Å²) in [5.74, 6) is 0.955. The summed E-state index contributed by atoms with van der Waals surface area (Å²) in [6.45, 7) is 2.99. The van der Waals surface area contributed by atoms with E-state index in [1.54, 1.807) is 6.33 Å². The molecule has 2 aromatic heterocycles. The first-order valence-electron chi connectivity index (χ1n) is 5.71. The first-order valence-corrected chi connectivity index (χ1v) is 5.71. The van der Waals surface area contributed by atoms with Crippen molar-refractivity contribution in [2.24, 2.45) is 14.1 Å². The summed E-state index contributed by atoms with van der Waals surface area (Å²) in [5, 5.41) is 15.5. The number of rotatable bonds is 5. The second kappa shape index (κ2) is 5.09. The molecule has 0 amide bonds. The highest BCUT2D eigenvalue weighted by atomic mass is 15.3. The smallest absolute Gasteiger partial charge is 0.149 e. The van der Waals surface area contributed by atoms with Gasteiger partial charge in [-0.05, 0) is 25.5 Å². The van der Waals surface area contributed by atoms with Gasteiger partial charge >= 0.3 is 0 Å². The Morgan fingerprint density at radius 3 is 2.82 bits per heavy atom. The molecule has 0 saturated carbocycles. The molecule has 0 aliphatic carbocycles. The van der Waals surface area contributed by atoms with Crippen LogP contribution in [-0.4, -0.2) is 31.1 Å². The first-order chi connectivity index (χ1) is 8.16. The molecular formula is C11H18N6. The molecule has 2 rings (SSSR count). The minimum absolute atomic E-state index is 0.208. The third-order valence-electron chi connectivity index (χ3n) is 2.76. The van der Waals surface area contributed by atoms with Gasteiger partial charge in [-0.15, -0.1) is 10.2 Å². The molecule has 1 unspecified atom stereocenters. The molecule has 1 N–H and O–H groups in total. The zero-order valence-electron chi connectivity index (χ0n) is 10.5. The van der Waals surface area contributed by atoms with Gasteiger partial charge in [-0.3, -0.25) is 4.68 Å². The Kier molecular flexibility index (Phi) is 3.53. The second-order valence-electron chi connectivity index (χ2n) is 4.25. The number of hydrogen-bond donors (Lipinski definition) is 1. The predicted molar refractivity (Wildman–Crippen MR) is 64.3 cm³/mol. The van der Waals surface area contributed by atoms with E-state index in [0.29, 0.717) is 0 Å². The van der Waals surface area contributed by atoms with Crippen molar-refractivity contribution >= 4 is 0 Å². The highest BCUT2D eigenvalue weighted by Gasteiger charge is 2.10. The van der Waals surface area contributed by atoms with E-state index in [1.165, 1.54) is 5.56 Å².